The first-order valence-corrected chi connectivity index (χ1v) is 11.2. The molecule has 0 aliphatic rings. The summed E-state index contributed by atoms with van der Waals surface area (Å²) in [6.45, 7) is 6.58. The monoisotopic (exact) mass is 448 g/mol. The molecule has 168 valence electrons. The van der Waals surface area contributed by atoms with E-state index in [0.717, 1.165) is 24.3 Å². The maximum absolute atomic E-state index is 13.2. The fourth-order valence-electron chi connectivity index (χ4n) is 2.76. The summed E-state index contributed by atoms with van der Waals surface area (Å²) in [5.74, 6) is 1.68. The number of rotatable bonds is 10. The third kappa shape index (κ3) is 8.44. The van der Waals surface area contributed by atoms with Crippen LogP contribution in [-0.4, -0.2) is 49.6 Å². The minimum atomic E-state index is -1.56. The van der Waals surface area contributed by atoms with Crippen LogP contribution in [0.2, 0.25) is 0 Å². The van der Waals surface area contributed by atoms with Gasteiger partial charge in [0.05, 0.1) is 0 Å². The van der Waals surface area contributed by atoms with Gasteiger partial charge in [0, 0.05) is 47.7 Å². The number of benzene rings is 1. The van der Waals surface area contributed by atoms with Gasteiger partial charge in [0.15, 0.2) is 11.1 Å². The Morgan fingerprint density at radius 1 is 1.06 bits per heavy atom. The fraction of sp³-hybridized carbons (Fsp3) is 0.381. The molecule has 1 unspecified atom stereocenters. The molecule has 3 rings (SSSR count). The molecule has 0 bridgehead atoms. The Kier molecular flexibility index (Phi) is 10.6. The van der Waals surface area contributed by atoms with Crippen LogP contribution in [0.1, 0.15) is 25.8 Å². The highest BCUT2D eigenvalue weighted by Crippen LogP contribution is 2.22. The van der Waals surface area contributed by atoms with Crippen LogP contribution >= 0.6 is 11.1 Å². The van der Waals surface area contributed by atoms with Gasteiger partial charge in [0.25, 0.3) is 0 Å². The van der Waals surface area contributed by atoms with Gasteiger partial charge < -0.3 is 25.2 Å². The number of nitrogens with zero attached hydrogens (tertiary/aromatic N) is 4. The molecule has 0 spiro atoms. The molecule has 10 heteroatoms. The number of aliphatic hydroxyl groups is 1. The zero-order valence-corrected chi connectivity index (χ0v) is 18.6. The van der Waals surface area contributed by atoms with Crippen molar-refractivity contribution in [3.8, 4) is 0 Å². The van der Waals surface area contributed by atoms with Gasteiger partial charge >= 0.3 is 0 Å². The minimum Gasteiger partial charge on any atom is -0.546 e. The van der Waals surface area contributed by atoms with Crippen molar-refractivity contribution in [2.75, 3.05) is 41.8 Å². The van der Waals surface area contributed by atoms with Crippen molar-refractivity contribution in [1.82, 2.24) is 13.7 Å². The molecule has 2 heterocycles. The molecule has 3 aromatic rings. The zero-order valence-electron chi connectivity index (χ0n) is 17.8. The Bertz CT molecular complexity index is 879. The van der Waals surface area contributed by atoms with Crippen molar-refractivity contribution >= 4 is 28.6 Å². The Labute approximate surface area is 185 Å². The summed E-state index contributed by atoms with van der Waals surface area (Å²) in [4.78, 5) is 6.58. The lowest BCUT2D eigenvalue weighted by Crippen LogP contribution is -2.26. The quantitative estimate of drug-likeness (QED) is 0.318. The van der Waals surface area contributed by atoms with Gasteiger partial charge in [-0.2, -0.15) is 0 Å². The second-order valence-corrected chi connectivity index (χ2v) is 7.30. The van der Waals surface area contributed by atoms with Crippen LogP contribution in [0.3, 0.4) is 0 Å². The third-order valence-electron chi connectivity index (χ3n) is 4.06. The number of aliphatic hydroxyl groups excluding tert-OH is 1. The second kappa shape index (κ2) is 13.5. The van der Waals surface area contributed by atoms with Gasteiger partial charge in [-0.3, -0.25) is 0 Å². The largest absolute Gasteiger partial charge is 0.546 e. The lowest BCUT2D eigenvalue weighted by atomic mass is 10.2. The van der Waals surface area contributed by atoms with E-state index in [-0.39, 0.29) is 12.4 Å². The zero-order chi connectivity index (χ0) is 22.5. The highest BCUT2D eigenvalue weighted by Gasteiger charge is 2.14. The molecule has 8 nitrogen and oxygen atoms in total. The highest BCUT2D eigenvalue weighted by atomic mass is 32.2. The standard InChI is InChI=1S/C19H23FN6OS.C2H6O/c1-2-21-18-19(25-28(27)24-18)23-12-5-13-26(17-6-3-4-11-22-17)14-15-7-9-16(20)10-8-15;1-2-3/h3-4,6-11H,2,5,12-14H2,1H3,(H,21,24)(H,23,25);3H,2H2,1H3. The summed E-state index contributed by atoms with van der Waals surface area (Å²) in [5.41, 5.74) is 1.01. The Hall–Kier alpha value is -2.82. The molecule has 1 aromatic carbocycles. The van der Waals surface area contributed by atoms with Crippen LogP contribution in [0, 0.1) is 5.82 Å². The number of anilines is 3. The van der Waals surface area contributed by atoms with Gasteiger partial charge in [0.2, 0.25) is 11.6 Å². The van der Waals surface area contributed by atoms with E-state index in [9.17, 15) is 8.94 Å². The van der Waals surface area contributed by atoms with Crippen LogP contribution in [-0.2, 0) is 6.54 Å². The topological polar surface area (TPSA) is 109 Å². The molecule has 0 saturated carbocycles. The smallest absolute Gasteiger partial charge is 0.232 e. The number of nitrogens with one attached hydrogen (secondary N) is 2. The lowest BCUT2D eigenvalue weighted by molar-refractivity contribution is 0.318. The van der Waals surface area contributed by atoms with E-state index in [2.05, 4.69) is 29.3 Å². The molecule has 1 atom stereocenters. The van der Waals surface area contributed by atoms with Gasteiger partial charge in [-0.25, -0.2) is 9.37 Å². The number of hydrogen-bond donors (Lipinski definition) is 3. The molecule has 0 amide bonds. The van der Waals surface area contributed by atoms with E-state index in [1.54, 1.807) is 25.3 Å². The van der Waals surface area contributed by atoms with Gasteiger partial charge in [-0.1, -0.05) is 18.2 Å². The SMILES string of the molecule is CCNc1n[s+]([O-])nc1NCCCN(Cc1ccc(F)cc1)c1ccccn1.CCO. The van der Waals surface area contributed by atoms with Gasteiger partial charge in [0.1, 0.15) is 11.6 Å². The first kappa shape index (κ1) is 24.4. The molecule has 31 heavy (non-hydrogen) atoms. The van der Waals surface area contributed by atoms with Crippen molar-refractivity contribution in [1.29, 1.82) is 0 Å². The first-order chi connectivity index (χ1) is 15.1. The molecule has 0 saturated heterocycles. The van der Waals surface area contributed by atoms with Crippen LogP contribution < -0.4 is 15.5 Å². The summed E-state index contributed by atoms with van der Waals surface area (Å²) in [5, 5.41) is 13.8. The van der Waals surface area contributed by atoms with Crippen molar-refractivity contribution in [3.63, 3.8) is 0 Å². The van der Waals surface area contributed by atoms with E-state index in [1.165, 1.54) is 12.1 Å². The van der Waals surface area contributed by atoms with Crippen LogP contribution in [0.25, 0.3) is 0 Å². The molecule has 0 aliphatic heterocycles. The number of halogens is 1. The van der Waals surface area contributed by atoms with Gasteiger partial charge in [-0.15, -0.1) is 0 Å². The minimum absolute atomic E-state index is 0.245. The average molecular weight is 449 g/mol. The molecular formula is C21H29FN6O2S. The predicted octanol–water partition coefficient (Wildman–Crippen LogP) is 3.68. The van der Waals surface area contributed by atoms with Crippen molar-refractivity contribution in [2.45, 2.75) is 26.8 Å². The number of pyridine rings is 1. The Morgan fingerprint density at radius 3 is 2.35 bits per heavy atom. The summed E-state index contributed by atoms with van der Waals surface area (Å²) in [6, 6.07) is 12.3. The van der Waals surface area contributed by atoms with E-state index in [0.29, 0.717) is 31.3 Å². The Balaban J connectivity index is 0.00000107. The molecule has 3 N–H and O–H groups in total. The van der Waals surface area contributed by atoms with E-state index in [1.807, 2.05) is 25.1 Å². The van der Waals surface area contributed by atoms with Crippen LogP contribution in [0.4, 0.5) is 21.8 Å². The average Bonchev–Trinajstić information content (AvgIpc) is 3.12. The maximum Gasteiger partial charge on any atom is 0.232 e. The third-order valence-corrected chi connectivity index (χ3v) is 4.74. The fourth-order valence-corrected chi connectivity index (χ4v) is 3.42. The summed E-state index contributed by atoms with van der Waals surface area (Å²) in [6.07, 6.45) is 2.57. The number of hydrogen-bond acceptors (Lipinski definition) is 8. The second-order valence-electron chi connectivity index (χ2n) is 6.47. The van der Waals surface area contributed by atoms with Crippen LogP contribution in [0.15, 0.2) is 48.7 Å². The van der Waals surface area contributed by atoms with Crippen molar-refractivity contribution in [2.24, 2.45) is 0 Å². The lowest BCUT2D eigenvalue weighted by Gasteiger charge is -2.24. The molecular weight excluding hydrogens is 419 g/mol. The normalized spacial score (nSPS) is 10.8. The Morgan fingerprint density at radius 2 is 1.74 bits per heavy atom. The van der Waals surface area contributed by atoms with Gasteiger partial charge in [-0.05, 0) is 50.1 Å². The molecule has 0 fully saturated rings. The predicted molar refractivity (Wildman–Crippen MR) is 122 cm³/mol. The molecule has 0 aliphatic carbocycles. The van der Waals surface area contributed by atoms with Crippen molar-refractivity contribution in [3.05, 3.63) is 60.0 Å². The summed E-state index contributed by atoms with van der Waals surface area (Å²) >= 11 is -1.56. The summed E-state index contributed by atoms with van der Waals surface area (Å²) < 4.78 is 32.6. The number of aromatic nitrogens is 3. The highest BCUT2D eigenvalue weighted by molar-refractivity contribution is 7.14. The molecule has 0 radical (unpaired) electrons. The van der Waals surface area contributed by atoms with E-state index >= 15 is 0 Å². The van der Waals surface area contributed by atoms with Crippen molar-refractivity contribution < 1.29 is 14.0 Å². The maximum atomic E-state index is 13.2. The van der Waals surface area contributed by atoms with E-state index in [4.69, 9.17) is 5.11 Å². The van der Waals surface area contributed by atoms with Crippen LogP contribution in [0.5, 0.6) is 0 Å². The summed E-state index contributed by atoms with van der Waals surface area (Å²) in [7, 11) is 0. The molecule has 2 aromatic heterocycles. The van der Waals surface area contributed by atoms with E-state index < -0.39 is 11.1 Å². The first-order valence-electron chi connectivity index (χ1n) is 10.2.